The number of anilines is 2. The molecule has 20 heavy (non-hydrogen) atoms. The molecule has 102 valence electrons. The van der Waals surface area contributed by atoms with Crippen LogP contribution in [0.25, 0.3) is 22.6 Å². The molecule has 3 aromatic rings. The molecule has 0 saturated heterocycles. The highest BCUT2D eigenvalue weighted by Crippen LogP contribution is 2.27. The summed E-state index contributed by atoms with van der Waals surface area (Å²) >= 11 is 0. The van der Waals surface area contributed by atoms with Crippen molar-refractivity contribution < 1.29 is 0 Å². The molecule has 1 aromatic carbocycles. The van der Waals surface area contributed by atoms with Gasteiger partial charge in [-0.15, -0.1) is 0 Å². The van der Waals surface area contributed by atoms with Gasteiger partial charge in [0, 0.05) is 29.7 Å². The number of hydrogen-bond acceptors (Lipinski definition) is 4. The fraction of sp³-hybridized carbons (Fsp3) is 0.200. The number of nitrogens with two attached hydrogens (primary N) is 2. The van der Waals surface area contributed by atoms with E-state index >= 15 is 0 Å². The summed E-state index contributed by atoms with van der Waals surface area (Å²) in [5.41, 5.74) is 15.8. The molecule has 0 bridgehead atoms. The summed E-state index contributed by atoms with van der Waals surface area (Å²) < 4.78 is 2.11. The normalized spacial score (nSPS) is 11.1. The van der Waals surface area contributed by atoms with E-state index in [4.69, 9.17) is 11.5 Å². The first-order chi connectivity index (χ1) is 9.69. The van der Waals surface area contributed by atoms with E-state index in [0.717, 1.165) is 35.5 Å². The second-order valence-electron chi connectivity index (χ2n) is 4.82. The van der Waals surface area contributed by atoms with Gasteiger partial charge in [0.1, 0.15) is 11.3 Å². The summed E-state index contributed by atoms with van der Waals surface area (Å²) in [5, 5.41) is 0. The highest BCUT2D eigenvalue weighted by molar-refractivity contribution is 5.79. The molecule has 0 atom stereocenters. The van der Waals surface area contributed by atoms with Crippen LogP contribution in [0.15, 0.2) is 36.5 Å². The average molecular weight is 267 g/mol. The minimum atomic E-state index is 0.642. The highest BCUT2D eigenvalue weighted by atomic mass is 15.1. The lowest BCUT2D eigenvalue weighted by atomic mass is 10.1. The first-order valence-corrected chi connectivity index (χ1v) is 6.66. The van der Waals surface area contributed by atoms with Gasteiger partial charge in [-0.2, -0.15) is 0 Å². The molecular weight excluding hydrogens is 250 g/mol. The van der Waals surface area contributed by atoms with Crippen molar-refractivity contribution in [1.29, 1.82) is 0 Å². The molecule has 0 amide bonds. The Balaban J connectivity index is 2.26. The van der Waals surface area contributed by atoms with Gasteiger partial charge >= 0.3 is 0 Å². The maximum Gasteiger partial charge on any atom is 0.160 e. The summed E-state index contributed by atoms with van der Waals surface area (Å²) in [6.45, 7) is 2.99. The number of nitrogens with zero attached hydrogens (tertiary/aromatic N) is 3. The Morgan fingerprint density at radius 1 is 1.15 bits per heavy atom. The monoisotopic (exact) mass is 267 g/mol. The zero-order valence-corrected chi connectivity index (χ0v) is 11.4. The van der Waals surface area contributed by atoms with E-state index in [9.17, 15) is 0 Å². The lowest BCUT2D eigenvalue weighted by Gasteiger charge is -2.08. The number of benzene rings is 1. The molecule has 0 aliphatic carbocycles. The van der Waals surface area contributed by atoms with Crippen molar-refractivity contribution in [3.63, 3.8) is 0 Å². The number of imidazole rings is 1. The zero-order chi connectivity index (χ0) is 14.1. The van der Waals surface area contributed by atoms with Gasteiger partial charge < -0.3 is 16.0 Å². The van der Waals surface area contributed by atoms with Gasteiger partial charge in [0.15, 0.2) is 5.65 Å². The van der Waals surface area contributed by atoms with Gasteiger partial charge in [0.25, 0.3) is 0 Å². The van der Waals surface area contributed by atoms with Crippen molar-refractivity contribution >= 4 is 22.5 Å². The van der Waals surface area contributed by atoms with Crippen LogP contribution in [-0.4, -0.2) is 14.5 Å². The third kappa shape index (κ3) is 2.07. The van der Waals surface area contributed by atoms with Gasteiger partial charge in [-0.3, -0.25) is 0 Å². The number of hydrogen-bond donors (Lipinski definition) is 2. The first kappa shape index (κ1) is 12.5. The Bertz CT molecular complexity index is 740. The maximum absolute atomic E-state index is 5.88. The summed E-state index contributed by atoms with van der Waals surface area (Å²) in [6.07, 6.45) is 2.79. The van der Waals surface area contributed by atoms with Crippen molar-refractivity contribution in [3.8, 4) is 11.4 Å². The Morgan fingerprint density at radius 3 is 2.60 bits per heavy atom. The van der Waals surface area contributed by atoms with Crippen molar-refractivity contribution in [3.05, 3.63) is 36.5 Å². The molecule has 5 nitrogen and oxygen atoms in total. The topological polar surface area (TPSA) is 82.8 Å². The summed E-state index contributed by atoms with van der Waals surface area (Å²) in [4.78, 5) is 9.10. The van der Waals surface area contributed by atoms with Gasteiger partial charge in [-0.1, -0.05) is 6.92 Å². The summed E-state index contributed by atoms with van der Waals surface area (Å²) in [6, 6.07) is 9.39. The molecule has 0 radical (unpaired) electrons. The number of pyridine rings is 1. The molecule has 0 unspecified atom stereocenters. The van der Waals surface area contributed by atoms with Crippen LogP contribution in [0, 0.1) is 0 Å². The zero-order valence-electron chi connectivity index (χ0n) is 11.4. The van der Waals surface area contributed by atoms with E-state index < -0.39 is 0 Å². The van der Waals surface area contributed by atoms with Gasteiger partial charge in [-0.25, -0.2) is 9.97 Å². The van der Waals surface area contributed by atoms with Gasteiger partial charge in [0.05, 0.1) is 0 Å². The number of fused-ring (bicyclic) bond motifs is 1. The molecule has 0 aliphatic rings. The number of aromatic nitrogens is 3. The third-order valence-electron chi connectivity index (χ3n) is 3.19. The van der Waals surface area contributed by atoms with Crippen molar-refractivity contribution in [2.24, 2.45) is 0 Å². The fourth-order valence-corrected chi connectivity index (χ4v) is 2.42. The average Bonchev–Trinajstić information content (AvgIpc) is 2.77. The molecule has 4 N–H and O–H groups in total. The number of nitrogen functional groups attached to an aromatic ring is 2. The fourth-order valence-electron chi connectivity index (χ4n) is 2.42. The predicted octanol–water partition coefficient (Wildman–Crippen LogP) is 2.67. The molecule has 0 fully saturated rings. The molecule has 3 rings (SSSR count). The predicted molar refractivity (Wildman–Crippen MR) is 82.1 cm³/mol. The lowest BCUT2D eigenvalue weighted by Crippen LogP contribution is -2.01. The van der Waals surface area contributed by atoms with E-state index in [1.165, 1.54) is 0 Å². The quantitative estimate of drug-likeness (QED) is 0.715. The molecule has 2 aromatic heterocycles. The first-order valence-electron chi connectivity index (χ1n) is 6.66. The Morgan fingerprint density at radius 2 is 1.90 bits per heavy atom. The minimum Gasteiger partial charge on any atom is -0.399 e. The van der Waals surface area contributed by atoms with Gasteiger partial charge in [-0.05, 0) is 36.8 Å². The molecule has 2 heterocycles. The standard InChI is InChI=1S/C15H17N5/c1-2-6-20-14(10-7-11(16)9-12(17)8-10)19-13-4-3-5-18-15(13)20/h3-5,7-9H,2,6,16-17H2,1H3. The Kier molecular flexibility index (Phi) is 3.02. The van der Waals surface area contributed by atoms with E-state index in [1.807, 2.05) is 24.3 Å². The van der Waals surface area contributed by atoms with Crippen LogP contribution in [0.5, 0.6) is 0 Å². The summed E-state index contributed by atoms with van der Waals surface area (Å²) in [7, 11) is 0. The van der Waals surface area contributed by atoms with Crippen molar-refractivity contribution in [2.45, 2.75) is 19.9 Å². The van der Waals surface area contributed by atoms with Crippen LogP contribution in [0.1, 0.15) is 13.3 Å². The third-order valence-corrected chi connectivity index (χ3v) is 3.19. The molecule has 0 aliphatic heterocycles. The second kappa shape index (κ2) is 4.85. The minimum absolute atomic E-state index is 0.642. The Hall–Kier alpha value is -2.56. The van der Waals surface area contributed by atoms with E-state index in [2.05, 4.69) is 21.5 Å². The maximum atomic E-state index is 5.88. The number of aryl methyl sites for hydroxylation is 1. The van der Waals surface area contributed by atoms with E-state index in [1.54, 1.807) is 12.3 Å². The van der Waals surface area contributed by atoms with Crippen LogP contribution in [0.2, 0.25) is 0 Å². The van der Waals surface area contributed by atoms with E-state index in [-0.39, 0.29) is 0 Å². The second-order valence-corrected chi connectivity index (χ2v) is 4.82. The van der Waals surface area contributed by atoms with Crippen LogP contribution in [-0.2, 0) is 6.54 Å². The van der Waals surface area contributed by atoms with Crippen molar-refractivity contribution in [2.75, 3.05) is 11.5 Å². The lowest BCUT2D eigenvalue weighted by molar-refractivity contribution is 0.698. The van der Waals surface area contributed by atoms with Crippen molar-refractivity contribution in [1.82, 2.24) is 14.5 Å². The highest BCUT2D eigenvalue weighted by Gasteiger charge is 2.13. The van der Waals surface area contributed by atoms with Crippen LogP contribution < -0.4 is 11.5 Å². The van der Waals surface area contributed by atoms with Crippen LogP contribution in [0.3, 0.4) is 0 Å². The van der Waals surface area contributed by atoms with Gasteiger partial charge in [0.2, 0.25) is 0 Å². The van der Waals surface area contributed by atoms with Crippen LogP contribution >= 0.6 is 0 Å². The molecular formula is C15H17N5. The van der Waals surface area contributed by atoms with Crippen LogP contribution in [0.4, 0.5) is 11.4 Å². The molecule has 0 spiro atoms. The Labute approximate surface area is 117 Å². The smallest absolute Gasteiger partial charge is 0.160 e. The molecule has 0 saturated carbocycles. The summed E-state index contributed by atoms with van der Waals surface area (Å²) in [5.74, 6) is 0.861. The largest absolute Gasteiger partial charge is 0.399 e. The molecule has 5 heteroatoms. The SMILES string of the molecule is CCCn1c(-c2cc(N)cc(N)c2)nc2cccnc21. The number of rotatable bonds is 3. The van der Waals surface area contributed by atoms with E-state index in [0.29, 0.717) is 11.4 Å².